The second kappa shape index (κ2) is 19.1. The molecule has 5 aromatic carbocycles. The lowest BCUT2D eigenvalue weighted by Gasteiger charge is -2.25. The number of hydrogen-bond acceptors (Lipinski definition) is 8. The normalized spacial score (nSPS) is 12.4. The highest BCUT2D eigenvalue weighted by atomic mass is 19.4. The van der Waals surface area contributed by atoms with Crippen molar-refractivity contribution in [3.63, 3.8) is 0 Å². The molecule has 0 spiro atoms. The molecule has 0 saturated heterocycles. The maximum Gasteiger partial charge on any atom is 0.573 e. The number of halogens is 3. The van der Waals surface area contributed by atoms with Gasteiger partial charge in [-0.05, 0) is 77.7 Å². The first-order chi connectivity index (χ1) is 28.3. The van der Waals surface area contributed by atoms with Gasteiger partial charge < -0.3 is 45.3 Å². The predicted molar refractivity (Wildman–Crippen MR) is 213 cm³/mol. The first kappa shape index (κ1) is 41.8. The number of amides is 2. The number of phenolic OH excluding ortho intramolecular Hbond substituents is 1. The third-order valence-corrected chi connectivity index (χ3v) is 9.43. The second-order valence-corrected chi connectivity index (χ2v) is 13.6. The van der Waals surface area contributed by atoms with Crippen molar-refractivity contribution >= 4 is 22.9 Å². The average molecular weight is 811 g/mol. The largest absolute Gasteiger partial charge is 0.573 e. The van der Waals surface area contributed by atoms with Crippen molar-refractivity contribution in [2.45, 2.75) is 38.1 Å². The predicted octanol–water partition coefficient (Wildman–Crippen LogP) is 7.42. The molecule has 0 saturated carbocycles. The summed E-state index contributed by atoms with van der Waals surface area (Å²) in [4.78, 5) is 41.3. The third kappa shape index (κ3) is 11.4. The van der Waals surface area contributed by atoms with Crippen molar-refractivity contribution in [2.24, 2.45) is 0 Å². The first-order valence-corrected chi connectivity index (χ1v) is 18.6. The van der Waals surface area contributed by atoms with Gasteiger partial charge in [0.15, 0.2) is 0 Å². The number of aromatic amines is 1. The smallest absolute Gasteiger partial charge is 0.506 e. The Kier molecular flexibility index (Phi) is 13.5. The summed E-state index contributed by atoms with van der Waals surface area (Å²) in [5, 5.41) is 36.7. The zero-order valence-electron chi connectivity index (χ0n) is 31.5. The number of aromatic nitrogens is 1. The number of aromatic hydroxyl groups is 1. The van der Waals surface area contributed by atoms with Crippen LogP contribution in [0.1, 0.15) is 56.7 Å². The molecular formula is C44H41F3N4O8. The SMILES string of the molecule is O=C(O)N[C@@H](c1ccccc1)c1cccc(OCc2ccc(C(=O)N(CCCNC[C@H](O)c3ccc(O)c4[nH]c(=O)ccc34)Cc3ccccc3OC(F)(F)F)cc2)c1. The summed E-state index contributed by atoms with van der Waals surface area (Å²) in [6.07, 6.45) is -6.76. The molecular weight excluding hydrogens is 769 g/mol. The van der Waals surface area contributed by atoms with Crippen LogP contribution in [0.2, 0.25) is 0 Å². The maximum atomic E-state index is 13.9. The number of hydrogen-bond donors (Lipinski definition) is 6. The quantitative estimate of drug-likeness (QED) is 0.0513. The van der Waals surface area contributed by atoms with Gasteiger partial charge in [0.1, 0.15) is 23.9 Å². The van der Waals surface area contributed by atoms with E-state index < -0.39 is 41.8 Å². The van der Waals surface area contributed by atoms with Gasteiger partial charge in [-0.2, -0.15) is 0 Å². The Morgan fingerprint density at radius 2 is 1.58 bits per heavy atom. The van der Waals surface area contributed by atoms with Gasteiger partial charge in [-0.25, -0.2) is 4.79 Å². The van der Waals surface area contributed by atoms with Crippen LogP contribution in [0.25, 0.3) is 10.9 Å². The highest BCUT2D eigenvalue weighted by molar-refractivity contribution is 5.94. The summed E-state index contributed by atoms with van der Waals surface area (Å²) in [7, 11) is 0. The van der Waals surface area contributed by atoms with Crippen molar-refractivity contribution in [3.05, 3.63) is 171 Å². The van der Waals surface area contributed by atoms with Gasteiger partial charge >= 0.3 is 12.5 Å². The average Bonchev–Trinajstić information content (AvgIpc) is 3.22. The van der Waals surface area contributed by atoms with E-state index in [9.17, 15) is 42.9 Å². The van der Waals surface area contributed by atoms with E-state index in [0.29, 0.717) is 35.2 Å². The molecule has 6 aromatic rings. The first-order valence-electron chi connectivity index (χ1n) is 18.6. The molecule has 2 atom stereocenters. The molecule has 0 fully saturated rings. The number of alkyl halides is 3. The van der Waals surface area contributed by atoms with Crippen molar-refractivity contribution in [1.82, 2.24) is 20.5 Å². The molecule has 0 aliphatic rings. The summed E-state index contributed by atoms with van der Waals surface area (Å²) in [5.74, 6) is -0.499. The number of rotatable bonds is 17. The zero-order chi connectivity index (χ0) is 41.9. The van der Waals surface area contributed by atoms with Gasteiger partial charge in [0.05, 0.1) is 17.7 Å². The summed E-state index contributed by atoms with van der Waals surface area (Å²) in [6.45, 7) is 0.489. The van der Waals surface area contributed by atoms with Crippen LogP contribution in [-0.2, 0) is 13.2 Å². The second-order valence-electron chi connectivity index (χ2n) is 13.6. The van der Waals surface area contributed by atoms with Crippen molar-refractivity contribution in [2.75, 3.05) is 19.6 Å². The highest BCUT2D eigenvalue weighted by Gasteiger charge is 2.32. The Morgan fingerprint density at radius 3 is 2.32 bits per heavy atom. The monoisotopic (exact) mass is 810 g/mol. The number of phenols is 1. The topological polar surface area (TPSA) is 173 Å². The van der Waals surface area contributed by atoms with E-state index in [1.54, 1.807) is 60.7 Å². The summed E-state index contributed by atoms with van der Waals surface area (Å²) >= 11 is 0. The lowest BCUT2D eigenvalue weighted by atomic mass is 9.98. The number of pyridine rings is 1. The number of fused-ring (bicyclic) bond motifs is 1. The number of carbonyl (C=O) groups excluding carboxylic acids is 1. The summed E-state index contributed by atoms with van der Waals surface area (Å²) < 4.78 is 50.1. The molecule has 0 bridgehead atoms. The highest BCUT2D eigenvalue weighted by Crippen LogP contribution is 2.30. The molecule has 1 aromatic heterocycles. The van der Waals surface area contributed by atoms with E-state index in [1.807, 2.05) is 30.3 Å². The van der Waals surface area contributed by atoms with E-state index in [0.717, 1.165) is 11.1 Å². The van der Waals surface area contributed by atoms with Crippen LogP contribution < -0.4 is 25.7 Å². The summed E-state index contributed by atoms with van der Waals surface area (Å²) in [5.41, 5.74) is 2.87. The number of aliphatic hydroxyl groups excluding tert-OH is 1. The van der Waals surface area contributed by atoms with E-state index in [-0.39, 0.29) is 48.6 Å². The van der Waals surface area contributed by atoms with Crippen LogP contribution in [-0.4, -0.2) is 63.2 Å². The lowest BCUT2D eigenvalue weighted by Crippen LogP contribution is -2.34. The van der Waals surface area contributed by atoms with Gasteiger partial charge in [0.2, 0.25) is 5.56 Å². The Bertz CT molecular complexity index is 2430. The molecule has 15 heteroatoms. The van der Waals surface area contributed by atoms with Gasteiger partial charge in [0.25, 0.3) is 5.91 Å². The minimum absolute atomic E-state index is 0.0931. The van der Waals surface area contributed by atoms with Crippen LogP contribution in [0, 0.1) is 0 Å². The minimum atomic E-state index is -4.94. The van der Waals surface area contributed by atoms with Crippen LogP contribution in [0.4, 0.5) is 18.0 Å². The van der Waals surface area contributed by atoms with Crippen LogP contribution in [0.5, 0.6) is 17.2 Å². The number of aliphatic hydroxyl groups is 1. The van der Waals surface area contributed by atoms with Crippen LogP contribution in [0.3, 0.4) is 0 Å². The van der Waals surface area contributed by atoms with Gasteiger partial charge in [-0.3, -0.25) is 9.59 Å². The number of H-pyrrole nitrogens is 1. The molecule has 0 aliphatic carbocycles. The van der Waals surface area contributed by atoms with Gasteiger partial charge in [0, 0.05) is 42.2 Å². The van der Waals surface area contributed by atoms with E-state index in [1.165, 1.54) is 41.3 Å². The number of benzene rings is 5. The minimum Gasteiger partial charge on any atom is -0.506 e. The molecule has 2 amide bonds. The van der Waals surface area contributed by atoms with Gasteiger partial charge in [-0.1, -0.05) is 78.9 Å². The Labute approximate surface area is 336 Å². The number of nitrogens with one attached hydrogen (secondary N) is 3. The molecule has 6 rings (SSSR count). The van der Waals surface area contributed by atoms with Crippen LogP contribution in [0.15, 0.2) is 132 Å². The fraction of sp³-hybridized carbons (Fsp3) is 0.205. The number of carbonyl (C=O) groups is 2. The number of ether oxygens (including phenoxy) is 2. The summed E-state index contributed by atoms with van der Waals surface area (Å²) in [6, 6.07) is 33.5. The maximum absolute atomic E-state index is 13.9. The van der Waals surface area contributed by atoms with Crippen molar-refractivity contribution in [1.29, 1.82) is 0 Å². The molecule has 306 valence electrons. The fourth-order valence-electron chi connectivity index (χ4n) is 6.61. The molecule has 6 N–H and O–H groups in total. The van der Waals surface area contributed by atoms with Crippen LogP contribution >= 0.6 is 0 Å². The Morgan fingerprint density at radius 1 is 0.847 bits per heavy atom. The van der Waals surface area contributed by atoms with E-state index in [4.69, 9.17) is 4.74 Å². The van der Waals surface area contributed by atoms with Gasteiger partial charge in [-0.15, -0.1) is 13.2 Å². The lowest BCUT2D eigenvalue weighted by molar-refractivity contribution is -0.275. The fourth-order valence-corrected chi connectivity index (χ4v) is 6.61. The molecule has 0 radical (unpaired) electrons. The van der Waals surface area contributed by atoms with E-state index in [2.05, 4.69) is 20.4 Å². The van der Waals surface area contributed by atoms with E-state index >= 15 is 0 Å². The Hall–Kier alpha value is -6.84. The van der Waals surface area contributed by atoms with Crippen molar-refractivity contribution in [3.8, 4) is 17.2 Å². The standard InChI is InChI=1S/C44H41F3N4O8/c45-44(46,47)59-38-13-5-4-10-32(38)26-51(23-7-22-48-25-37(53)34-18-20-36(52)41-35(34)19-21-39(54)49-41)42(55)30-16-14-28(15-17-30)27-58-33-12-6-11-31(24-33)40(50-43(56)57)29-8-2-1-3-9-29/h1-6,8-21,24,37,40,48,50,52-53H,7,22-23,25-27H2,(H,49,54)(H,56,57)/t37-,40-/m0/s1. The Balaban J connectivity index is 1.11. The molecule has 0 unspecified atom stereocenters. The zero-order valence-corrected chi connectivity index (χ0v) is 31.5. The molecule has 59 heavy (non-hydrogen) atoms. The molecule has 12 nitrogen and oxygen atoms in total. The molecule has 0 aliphatic heterocycles. The number of carboxylic acid groups (broad SMARTS) is 1. The number of nitrogens with zero attached hydrogens (tertiary/aromatic N) is 1. The third-order valence-electron chi connectivity index (χ3n) is 9.43. The number of para-hydroxylation sites is 1. The van der Waals surface area contributed by atoms with Crippen molar-refractivity contribution < 1.29 is 47.6 Å². The molecule has 1 heterocycles.